The van der Waals surface area contributed by atoms with Gasteiger partial charge in [-0.05, 0) is 93.6 Å². The highest BCUT2D eigenvalue weighted by atomic mass is 35.5. The number of urea groups is 2. The highest BCUT2D eigenvalue weighted by molar-refractivity contribution is 6.31. The van der Waals surface area contributed by atoms with Gasteiger partial charge in [-0.15, -0.1) is 12.4 Å². The zero-order valence-electron chi connectivity index (χ0n) is 36.1. The number of amides is 5. The standard InChI is InChI=1S/C25H29ClFN3O5.C20H21ClFN3O3.ClH/c1-25(2,3)35-24(33)29-13-11-28(12-14-29)23(32)30(20-9-7-19(26)8-10-20)16-18-6-5-17(15-21(18)27)22(31)34-4;1-28-19(26)14-2-3-15(18(22)12-14)13-25(17-6-4-16(21)5-7-17)20(27)24-10-8-23-9-11-24;/h5-10,15H,11-14,16H2,1-4H3;2-7,12,23H,8-11,13H2,1H3;1H. The second-order valence-corrected chi connectivity index (χ2v) is 16.4. The summed E-state index contributed by atoms with van der Waals surface area (Å²) < 4.78 is 44.1. The van der Waals surface area contributed by atoms with E-state index in [1.54, 1.807) is 84.0 Å². The zero-order valence-corrected chi connectivity index (χ0v) is 38.4. The van der Waals surface area contributed by atoms with Crippen LogP contribution in [0.25, 0.3) is 0 Å². The van der Waals surface area contributed by atoms with Crippen molar-refractivity contribution in [1.29, 1.82) is 0 Å². The highest BCUT2D eigenvalue weighted by Crippen LogP contribution is 2.26. The third-order valence-corrected chi connectivity index (χ3v) is 10.4. The monoisotopic (exact) mass is 946 g/mol. The van der Waals surface area contributed by atoms with Crippen molar-refractivity contribution in [2.24, 2.45) is 0 Å². The summed E-state index contributed by atoms with van der Waals surface area (Å²) in [6.45, 7) is 9.15. The lowest BCUT2D eigenvalue weighted by molar-refractivity contribution is 0.0171. The summed E-state index contributed by atoms with van der Waals surface area (Å²) in [6.07, 6.45) is -0.424. The molecular weight excluding hydrogens is 897 g/mol. The average Bonchev–Trinajstić information content (AvgIpc) is 3.28. The number of hydrogen-bond donors (Lipinski definition) is 1. The van der Waals surface area contributed by atoms with Gasteiger partial charge in [0.05, 0.1) is 38.4 Å². The van der Waals surface area contributed by atoms with Crippen LogP contribution in [0.4, 0.5) is 34.5 Å². The lowest BCUT2D eigenvalue weighted by atomic mass is 10.1. The molecule has 5 amide bonds. The van der Waals surface area contributed by atoms with Gasteiger partial charge < -0.3 is 34.2 Å². The first-order chi connectivity index (χ1) is 30.0. The molecule has 344 valence electrons. The summed E-state index contributed by atoms with van der Waals surface area (Å²) in [5.74, 6) is -2.47. The van der Waals surface area contributed by atoms with E-state index in [-0.39, 0.29) is 54.2 Å². The molecule has 2 heterocycles. The van der Waals surface area contributed by atoms with Crippen molar-refractivity contribution in [2.75, 3.05) is 76.4 Å². The number of hydrogen-bond acceptors (Lipinski definition) is 9. The first-order valence-corrected chi connectivity index (χ1v) is 20.8. The van der Waals surface area contributed by atoms with E-state index >= 15 is 0 Å². The third kappa shape index (κ3) is 13.9. The van der Waals surface area contributed by atoms with E-state index in [9.17, 15) is 32.8 Å². The van der Waals surface area contributed by atoms with Crippen molar-refractivity contribution in [3.05, 3.63) is 129 Å². The topological polar surface area (TPSA) is 141 Å². The van der Waals surface area contributed by atoms with Gasteiger partial charge in [0, 0.05) is 84.9 Å². The van der Waals surface area contributed by atoms with Gasteiger partial charge in [0.15, 0.2) is 0 Å². The molecule has 0 bridgehead atoms. The van der Waals surface area contributed by atoms with Crippen LogP contribution in [-0.2, 0) is 27.3 Å². The zero-order chi connectivity index (χ0) is 45.8. The molecule has 1 N–H and O–H groups in total. The van der Waals surface area contributed by atoms with Crippen molar-refractivity contribution in [3.63, 3.8) is 0 Å². The minimum Gasteiger partial charge on any atom is -0.465 e. The quantitative estimate of drug-likeness (QED) is 0.136. The predicted molar refractivity (Wildman–Crippen MR) is 243 cm³/mol. The summed E-state index contributed by atoms with van der Waals surface area (Å²) in [6, 6.07) is 21.0. The molecule has 2 fully saturated rings. The van der Waals surface area contributed by atoms with Crippen LogP contribution in [0.2, 0.25) is 10.0 Å². The molecule has 0 aromatic heterocycles. The molecule has 2 aliphatic heterocycles. The van der Waals surface area contributed by atoms with Crippen LogP contribution < -0.4 is 15.1 Å². The molecule has 0 saturated carbocycles. The third-order valence-electron chi connectivity index (χ3n) is 9.93. The summed E-state index contributed by atoms with van der Waals surface area (Å²) in [7, 11) is 2.46. The van der Waals surface area contributed by atoms with Gasteiger partial charge in [0.2, 0.25) is 0 Å². The Balaban J connectivity index is 0.000000283. The Bertz CT molecular complexity index is 2250. The van der Waals surface area contributed by atoms with Crippen LogP contribution in [0, 0.1) is 11.6 Å². The van der Waals surface area contributed by atoms with E-state index in [2.05, 4.69) is 14.8 Å². The Hall–Kier alpha value is -5.68. The van der Waals surface area contributed by atoms with Crippen LogP contribution >= 0.6 is 35.6 Å². The molecule has 64 heavy (non-hydrogen) atoms. The van der Waals surface area contributed by atoms with Crippen molar-refractivity contribution in [1.82, 2.24) is 20.0 Å². The van der Waals surface area contributed by atoms with Crippen molar-refractivity contribution in [2.45, 2.75) is 39.5 Å². The van der Waals surface area contributed by atoms with Gasteiger partial charge >= 0.3 is 30.1 Å². The number of rotatable bonds is 8. The molecule has 0 unspecified atom stereocenters. The van der Waals surface area contributed by atoms with E-state index < -0.39 is 35.3 Å². The Labute approximate surface area is 387 Å². The molecule has 6 rings (SSSR count). The molecule has 0 aliphatic carbocycles. The number of nitrogens with zero attached hydrogens (tertiary/aromatic N) is 5. The van der Waals surface area contributed by atoms with Gasteiger partial charge in [-0.3, -0.25) is 9.80 Å². The summed E-state index contributed by atoms with van der Waals surface area (Å²) >= 11 is 12.0. The number of halogens is 5. The summed E-state index contributed by atoms with van der Waals surface area (Å²) in [5.41, 5.74) is 1.27. The molecule has 0 radical (unpaired) electrons. The Kier molecular flexibility index (Phi) is 18.6. The Morgan fingerprint density at radius 2 is 0.984 bits per heavy atom. The molecule has 0 spiro atoms. The fourth-order valence-electron chi connectivity index (χ4n) is 6.57. The number of benzene rings is 4. The lowest BCUT2D eigenvalue weighted by Gasteiger charge is -2.38. The smallest absolute Gasteiger partial charge is 0.410 e. The van der Waals surface area contributed by atoms with E-state index in [1.807, 2.05) is 0 Å². The Morgan fingerprint density at radius 3 is 1.34 bits per heavy atom. The number of piperazine rings is 2. The number of methoxy groups -OCH3 is 2. The maximum absolute atomic E-state index is 14.8. The molecule has 2 aliphatic rings. The fourth-order valence-corrected chi connectivity index (χ4v) is 6.82. The highest BCUT2D eigenvalue weighted by Gasteiger charge is 2.31. The normalized spacial score (nSPS) is 13.7. The first kappa shape index (κ1) is 51.0. The van der Waals surface area contributed by atoms with Crippen LogP contribution in [0.3, 0.4) is 0 Å². The van der Waals surface area contributed by atoms with Crippen molar-refractivity contribution in [3.8, 4) is 0 Å². The molecule has 14 nitrogen and oxygen atoms in total. The van der Waals surface area contributed by atoms with Crippen LogP contribution in [-0.4, -0.2) is 117 Å². The van der Waals surface area contributed by atoms with Gasteiger partial charge in [-0.25, -0.2) is 32.8 Å². The maximum atomic E-state index is 14.8. The first-order valence-electron chi connectivity index (χ1n) is 20.0. The van der Waals surface area contributed by atoms with Gasteiger partial charge in [0.25, 0.3) is 0 Å². The number of carbonyl (C=O) groups excluding carboxylic acids is 5. The molecule has 4 aromatic rings. The van der Waals surface area contributed by atoms with Crippen molar-refractivity contribution >= 4 is 77.1 Å². The maximum Gasteiger partial charge on any atom is 0.410 e. The average molecular weight is 948 g/mol. The van der Waals surface area contributed by atoms with Crippen LogP contribution in [0.15, 0.2) is 84.9 Å². The largest absolute Gasteiger partial charge is 0.465 e. The van der Waals surface area contributed by atoms with Crippen molar-refractivity contribution < 1.29 is 47.0 Å². The minimum atomic E-state index is -0.649. The molecule has 4 aromatic carbocycles. The SMILES string of the molecule is COC(=O)c1ccc(CN(C(=O)N2CCN(C(=O)OC(C)(C)C)CC2)c2ccc(Cl)cc2)c(F)c1.COC(=O)c1ccc(CN(C(=O)N2CCNCC2)c2ccc(Cl)cc2)c(F)c1.Cl. The van der Waals surface area contributed by atoms with E-state index in [0.29, 0.717) is 79.3 Å². The van der Waals surface area contributed by atoms with Gasteiger partial charge in [0.1, 0.15) is 17.2 Å². The second-order valence-electron chi connectivity index (χ2n) is 15.5. The minimum absolute atomic E-state index is 0. The van der Waals surface area contributed by atoms with Crippen LogP contribution in [0.1, 0.15) is 52.6 Å². The molecule has 0 atom stereocenters. The van der Waals surface area contributed by atoms with E-state index in [4.69, 9.17) is 27.9 Å². The van der Waals surface area contributed by atoms with Gasteiger partial charge in [-0.1, -0.05) is 35.3 Å². The lowest BCUT2D eigenvalue weighted by Crippen LogP contribution is -2.54. The number of nitrogens with one attached hydrogen (secondary N) is 1. The number of ether oxygens (including phenoxy) is 3. The molecular formula is C45H51Cl3F2N6O8. The Morgan fingerprint density at radius 1 is 0.609 bits per heavy atom. The predicted octanol–water partition coefficient (Wildman–Crippen LogP) is 8.66. The molecule has 19 heteroatoms. The van der Waals surface area contributed by atoms with Crippen LogP contribution in [0.5, 0.6) is 0 Å². The second kappa shape index (κ2) is 23.3. The summed E-state index contributed by atoms with van der Waals surface area (Å²) in [4.78, 5) is 70.1. The number of anilines is 2. The fraction of sp³-hybridized carbons (Fsp3) is 0.356. The summed E-state index contributed by atoms with van der Waals surface area (Å²) in [5, 5.41) is 4.25. The number of esters is 2. The van der Waals surface area contributed by atoms with E-state index in [1.165, 1.54) is 48.3 Å². The van der Waals surface area contributed by atoms with Gasteiger partial charge in [-0.2, -0.15) is 0 Å². The molecule has 2 saturated heterocycles. The number of carbonyl (C=O) groups is 5. The van der Waals surface area contributed by atoms with E-state index in [0.717, 1.165) is 12.1 Å².